The zero-order valence-electron chi connectivity index (χ0n) is 17.0. The van der Waals surface area contributed by atoms with Crippen LogP contribution in [0.25, 0.3) is 0 Å². The number of aliphatic imine (C=N–C) groups is 1. The fraction of sp³-hybridized carbons (Fsp3) is 0.200. The second-order valence-corrected chi connectivity index (χ2v) is 8.82. The van der Waals surface area contributed by atoms with Gasteiger partial charge in [-0.3, -0.25) is 10.2 Å². The molecular weight excluding hydrogens is 409 g/mol. The number of hydrogen-bond acceptors (Lipinski definition) is 4. The molecule has 1 fully saturated rings. The smallest absolute Gasteiger partial charge is 0.265 e. The lowest BCUT2D eigenvalue weighted by Gasteiger charge is -2.26. The molecule has 0 aliphatic carbocycles. The highest BCUT2D eigenvalue weighted by Gasteiger charge is 2.21. The van der Waals surface area contributed by atoms with Crippen LogP contribution in [0.15, 0.2) is 81.5 Å². The van der Waals surface area contributed by atoms with Gasteiger partial charge in [0.15, 0.2) is 0 Å². The van der Waals surface area contributed by atoms with Crippen molar-refractivity contribution in [3.8, 4) is 0 Å². The minimum atomic E-state index is -0.280. The minimum Gasteiger partial charge on any atom is -0.285 e. The molecule has 1 N–H and O–H groups in total. The molecule has 0 spiro atoms. The fourth-order valence-electron chi connectivity index (χ4n) is 3.92. The van der Waals surface area contributed by atoms with Gasteiger partial charge in [-0.1, -0.05) is 36.4 Å². The van der Waals surface area contributed by atoms with Crippen molar-refractivity contribution < 1.29 is 9.18 Å². The van der Waals surface area contributed by atoms with E-state index in [1.54, 1.807) is 23.9 Å². The van der Waals surface area contributed by atoms with Gasteiger partial charge in [0, 0.05) is 39.6 Å². The van der Waals surface area contributed by atoms with Crippen LogP contribution in [0.1, 0.15) is 40.7 Å². The third-order valence-electron chi connectivity index (χ3n) is 5.55. The van der Waals surface area contributed by atoms with Gasteiger partial charge in [0.1, 0.15) is 5.82 Å². The van der Waals surface area contributed by atoms with Crippen molar-refractivity contribution in [2.75, 3.05) is 13.1 Å². The van der Waals surface area contributed by atoms with Crippen LogP contribution in [0, 0.1) is 5.82 Å². The summed E-state index contributed by atoms with van der Waals surface area (Å²) in [5, 5.41) is 2.00. The van der Waals surface area contributed by atoms with Crippen molar-refractivity contribution in [3.63, 3.8) is 0 Å². The third-order valence-corrected chi connectivity index (χ3v) is 6.69. The Bertz CT molecular complexity index is 1150. The third kappa shape index (κ3) is 4.27. The number of halogens is 1. The number of benzene rings is 3. The van der Waals surface area contributed by atoms with Crippen LogP contribution >= 0.6 is 11.8 Å². The van der Waals surface area contributed by atoms with Crippen molar-refractivity contribution in [3.05, 3.63) is 89.2 Å². The number of carbonyl (C=O) groups is 1. The molecule has 0 unspecified atom stereocenters. The lowest BCUT2D eigenvalue weighted by molar-refractivity contribution is 0.0750. The summed E-state index contributed by atoms with van der Waals surface area (Å²) >= 11 is 1.63. The number of hydrogen-bond donors (Lipinski definition) is 1. The molecule has 0 bridgehead atoms. The maximum absolute atomic E-state index is 13.5. The van der Waals surface area contributed by atoms with Crippen molar-refractivity contribution in [2.45, 2.75) is 29.1 Å². The molecule has 1 saturated heterocycles. The lowest BCUT2D eigenvalue weighted by Crippen LogP contribution is -2.45. The predicted molar refractivity (Wildman–Crippen MR) is 122 cm³/mol. The molecule has 0 radical (unpaired) electrons. The SMILES string of the molecule is O=C(NN1CCCCC1)c1ccc2c(c1)N=C(c1ccc(F)cc1)c1ccccc1S2. The molecule has 3 aromatic rings. The summed E-state index contributed by atoms with van der Waals surface area (Å²) in [6.07, 6.45) is 3.42. The van der Waals surface area contributed by atoms with Gasteiger partial charge < -0.3 is 0 Å². The van der Waals surface area contributed by atoms with Crippen LogP contribution in [-0.2, 0) is 0 Å². The normalized spacial score (nSPS) is 16.0. The first kappa shape index (κ1) is 20.0. The summed E-state index contributed by atoms with van der Waals surface area (Å²) < 4.78 is 13.5. The molecule has 2 aliphatic rings. The van der Waals surface area contributed by atoms with Gasteiger partial charge in [-0.15, -0.1) is 0 Å². The minimum absolute atomic E-state index is 0.116. The number of fused-ring (bicyclic) bond motifs is 2. The van der Waals surface area contributed by atoms with Crippen LogP contribution in [-0.4, -0.2) is 29.7 Å². The molecule has 4 nitrogen and oxygen atoms in total. The van der Waals surface area contributed by atoms with Gasteiger partial charge >= 0.3 is 0 Å². The molecule has 0 aromatic heterocycles. The Hall–Kier alpha value is -2.96. The zero-order chi connectivity index (χ0) is 21.2. The first-order chi connectivity index (χ1) is 15.2. The van der Waals surface area contributed by atoms with Gasteiger partial charge in [-0.05, 0) is 61.4 Å². The molecule has 2 heterocycles. The number of rotatable bonds is 3. The van der Waals surface area contributed by atoms with E-state index >= 15 is 0 Å². The standard InChI is InChI=1S/C25H22FN3OS/c26-19-11-8-17(9-12-19)24-20-6-2-3-7-22(20)31-23-13-10-18(16-21(23)27-24)25(30)28-29-14-4-1-5-15-29/h2-3,6-13,16H,1,4-5,14-15H2,(H,28,30). The van der Waals surface area contributed by atoms with E-state index in [4.69, 9.17) is 4.99 Å². The average Bonchev–Trinajstić information content (AvgIpc) is 2.96. The first-order valence-electron chi connectivity index (χ1n) is 10.5. The van der Waals surface area contributed by atoms with E-state index in [1.807, 2.05) is 41.4 Å². The molecule has 5 rings (SSSR count). The lowest BCUT2D eigenvalue weighted by atomic mass is 10.0. The van der Waals surface area contributed by atoms with Crippen LogP contribution in [0.4, 0.5) is 10.1 Å². The fourth-order valence-corrected chi connectivity index (χ4v) is 4.93. The quantitative estimate of drug-likeness (QED) is 0.460. The van der Waals surface area contributed by atoms with Crippen LogP contribution in [0.5, 0.6) is 0 Å². The monoisotopic (exact) mass is 431 g/mol. The maximum Gasteiger partial charge on any atom is 0.265 e. The highest BCUT2D eigenvalue weighted by molar-refractivity contribution is 7.99. The number of carbonyl (C=O) groups excluding carboxylic acids is 1. The Morgan fingerprint density at radius 2 is 1.71 bits per heavy atom. The summed E-state index contributed by atoms with van der Waals surface area (Å²) in [6.45, 7) is 1.77. The topological polar surface area (TPSA) is 44.7 Å². The molecule has 6 heteroatoms. The van der Waals surface area contributed by atoms with Gasteiger partial charge in [0.2, 0.25) is 0 Å². The molecule has 3 aromatic carbocycles. The Morgan fingerprint density at radius 1 is 0.935 bits per heavy atom. The Morgan fingerprint density at radius 3 is 2.52 bits per heavy atom. The summed E-state index contributed by atoms with van der Waals surface area (Å²) in [6, 6.07) is 20.1. The number of nitrogens with one attached hydrogen (secondary N) is 1. The summed E-state index contributed by atoms with van der Waals surface area (Å²) in [5.41, 5.74) is 6.95. The Balaban J connectivity index is 1.54. The van der Waals surface area contributed by atoms with Crippen LogP contribution < -0.4 is 5.43 Å². The number of hydrazine groups is 1. The summed E-state index contributed by atoms with van der Waals surface area (Å²) in [7, 11) is 0. The molecule has 1 amide bonds. The van der Waals surface area contributed by atoms with Crippen molar-refractivity contribution in [1.29, 1.82) is 0 Å². The van der Waals surface area contributed by atoms with Crippen LogP contribution in [0.3, 0.4) is 0 Å². The molecule has 0 saturated carbocycles. The van der Waals surface area contributed by atoms with Crippen molar-refractivity contribution >= 4 is 29.1 Å². The van der Waals surface area contributed by atoms with Crippen LogP contribution in [0.2, 0.25) is 0 Å². The van der Waals surface area contributed by atoms with Gasteiger partial charge in [-0.2, -0.15) is 0 Å². The Kier molecular flexibility index (Phi) is 5.57. The largest absolute Gasteiger partial charge is 0.285 e. The van der Waals surface area contributed by atoms with E-state index in [9.17, 15) is 9.18 Å². The molecule has 0 atom stereocenters. The maximum atomic E-state index is 13.5. The number of amides is 1. The predicted octanol–water partition coefficient (Wildman–Crippen LogP) is 5.59. The van der Waals surface area contributed by atoms with E-state index in [0.29, 0.717) is 5.56 Å². The second-order valence-electron chi connectivity index (χ2n) is 7.74. The zero-order valence-corrected chi connectivity index (χ0v) is 17.8. The first-order valence-corrected chi connectivity index (χ1v) is 11.3. The van der Waals surface area contributed by atoms with E-state index in [0.717, 1.165) is 58.2 Å². The molecule has 2 aliphatic heterocycles. The number of piperidine rings is 1. The van der Waals surface area contributed by atoms with E-state index in [2.05, 4.69) is 11.5 Å². The van der Waals surface area contributed by atoms with Gasteiger partial charge in [-0.25, -0.2) is 14.4 Å². The van der Waals surface area contributed by atoms with E-state index in [-0.39, 0.29) is 11.7 Å². The molecule has 156 valence electrons. The molecular formula is C25H22FN3OS. The summed E-state index contributed by atoms with van der Waals surface area (Å²) in [4.78, 5) is 19.9. The molecule has 31 heavy (non-hydrogen) atoms. The highest BCUT2D eigenvalue weighted by Crippen LogP contribution is 2.41. The van der Waals surface area contributed by atoms with Gasteiger partial charge in [0.05, 0.1) is 11.4 Å². The van der Waals surface area contributed by atoms with Crippen molar-refractivity contribution in [2.24, 2.45) is 4.99 Å². The number of nitrogens with zero attached hydrogens (tertiary/aromatic N) is 2. The van der Waals surface area contributed by atoms with E-state index in [1.165, 1.54) is 18.6 Å². The second kappa shape index (κ2) is 8.65. The average molecular weight is 432 g/mol. The van der Waals surface area contributed by atoms with Crippen molar-refractivity contribution in [1.82, 2.24) is 10.4 Å². The highest BCUT2D eigenvalue weighted by atomic mass is 32.2. The summed E-state index contributed by atoms with van der Waals surface area (Å²) in [5.74, 6) is -0.396. The van der Waals surface area contributed by atoms with Gasteiger partial charge in [0.25, 0.3) is 5.91 Å². The van der Waals surface area contributed by atoms with E-state index < -0.39 is 0 Å². The Labute approximate surface area is 185 Å².